The summed E-state index contributed by atoms with van der Waals surface area (Å²) < 4.78 is 23.6. The van der Waals surface area contributed by atoms with E-state index in [9.17, 15) is 13.2 Å². The van der Waals surface area contributed by atoms with E-state index in [2.05, 4.69) is 4.98 Å². The van der Waals surface area contributed by atoms with E-state index in [0.29, 0.717) is 16.9 Å². The summed E-state index contributed by atoms with van der Waals surface area (Å²) >= 11 is 0. The van der Waals surface area contributed by atoms with Crippen molar-refractivity contribution in [1.29, 1.82) is 0 Å². The van der Waals surface area contributed by atoms with Crippen molar-refractivity contribution in [3.8, 4) is 0 Å². The van der Waals surface area contributed by atoms with Gasteiger partial charge in [0.15, 0.2) is 0 Å². The van der Waals surface area contributed by atoms with Gasteiger partial charge in [-0.3, -0.25) is 0 Å². The molecule has 1 aromatic heterocycles. The summed E-state index contributed by atoms with van der Waals surface area (Å²) in [5, 5.41) is 14.1. The highest BCUT2D eigenvalue weighted by Crippen LogP contribution is 2.20. The first-order chi connectivity index (χ1) is 8.79. The molecule has 0 aliphatic rings. The van der Waals surface area contributed by atoms with E-state index in [1.165, 1.54) is 6.07 Å². The van der Waals surface area contributed by atoms with Gasteiger partial charge >= 0.3 is 5.97 Å². The van der Waals surface area contributed by atoms with Crippen LogP contribution in [0.15, 0.2) is 18.2 Å². The first-order valence-electron chi connectivity index (χ1n) is 5.49. The van der Waals surface area contributed by atoms with Crippen molar-refractivity contribution in [2.45, 2.75) is 13.5 Å². The van der Waals surface area contributed by atoms with Crippen LogP contribution in [0.3, 0.4) is 0 Å². The third-order valence-corrected chi connectivity index (χ3v) is 3.54. The lowest BCUT2D eigenvalue weighted by Gasteiger charge is -2.07. The van der Waals surface area contributed by atoms with E-state index in [-0.39, 0.29) is 17.9 Å². The van der Waals surface area contributed by atoms with Crippen LogP contribution in [0.2, 0.25) is 0 Å². The van der Waals surface area contributed by atoms with E-state index < -0.39 is 16.0 Å². The molecule has 0 radical (unpaired) electrons. The number of sulfonamides is 1. The molecule has 0 aliphatic heterocycles. The Balaban J connectivity index is 2.59. The Hall–Kier alpha value is -1.93. The van der Waals surface area contributed by atoms with Crippen LogP contribution in [-0.2, 0) is 16.6 Å². The Bertz CT molecular complexity index is 749. The zero-order valence-electron chi connectivity index (χ0n) is 10.2. The molecule has 1 heterocycles. The van der Waals surface area contributed by atoms with E-state index in [0.717, 1.165) is 0 Å². The number of aromatic nitrogens is 2. The summed E-state index contributed by atoms with van der Waals surface area (Å²) in [5.74, 6) is -0.803. The number of fused-ring (bicyclic) bond motifs is 1. The maximum Gasteiger partial charge on any atom is 0.337 e. The molecule has 0 fully saturated rings. The van der Waals surface area contributed by atoms with E-state index in [1.54, 1.807) is 23.6 Å². The first-order valence-corrected chi connectivity index (χ1v) is 7.21. The Morgan fingerprint density at radius 3 is 2.74 bits per heavy atom. The van der Waals surface area contributed by atoms with Gasteiger partial charge in [-0.25, -0.2) is 23.3 Å². The number of hydrogen-bond acceptors (Lipinski definition) is 4. The lowest BCUT2D eigenvalue weighted by atomic mass is 10.2. The van der Waals surface area contributed by atoms with Crippen LogP contribution < -0.4 is 5.14 Å². The Labute approximate surface area is 109 Å². The monoisotopic (exact) mass is 283 g/mol. The predicted molar refractivity (Wildman–Crippen MR) is 69.4 cm³/mol. The molecule has 0 aliphatic carbocycles. The fourth-order valence-electron chi connectivity index (χ4n) is 1.97. The van der Waals surface area contributed by atoms with Gasteiger partial charge in [0.25, 0.3) is 0 Å². The number of carboxylic acid groups (broad SMARTS) is 1. The molecule has 0 unspecified atom stereocenters. The van der Waals surface area contributed by atoms with Gasteiger partial charge in [0.05, 0.1) is 22.3 Å². The number of nitrogens with two attached hydrogens (primary N) is 1. The van der Waals surface area contributed by atoms with Gasteiger partial charge in [0, 0.05) is 6.54 Å². The molecule has 0 saturated heterocycles. The maximum absolute atomic E-state index is 11.2. The molecular formula is C11H13N3O4S. The van der Waals surface area contributed by atoms with Crippen molar-refractivity contribution in [3.63, 3.8) is 0 Å². The number of benzene rings is 1. The highest BCUT2D eigenvalue weighted by atomic mass is 32.2. The number of imidazole rings is 1. The second-order valence-corrected chi connectivity index (χ2v) is 5.89. The van der Waals surface area contributed by atoms with Crippen molar-refractivity contribution in [2.24, 2.45) is 5.14 Å². The zero-order chi connectivity index (χ0) is 14.2. The summed E-state index contributed by atoms with van der Waals surface area (Å²) in [6.45, 7) is 1.76. The summed E-state index contributed by atoms with van der Waals surface area (Å²) in [6.07, 6.45) is 0. The molecular weight excluding hydrogens is 270 g/mol. The van der Waals surface area contributed by atoms with Crippen LogP contribution in [-0.4, -0.2) is 34.8 Å². The second kappa shape index (κ2) is 4.63. The van der Waals surface area contributed by atoms with Crippen molar-refractivity contribution >= 4 is 27.0 Å². The number of primary sulfonamides is 1. The summed E-state index contributed by atoms with van der Waals surface area (Å²) in [6, 6.07) is 4.74. The van der Waals surface area contributed by atoms with Gasteiger partial charge in [-0.1, -0.05) is 6.07 Å². The lowest BCUT2D eigenvalue weighted by Crippen LogP contribution is -2.21. The minimum atomic E-state index is -3.61. The Morgan fingerprint density at radius 2 is 2.16 bits per heavy atom. The smallest absolute Gasteiger partial charge is 0.337 e. The maximum atomic E-state index is 11.2. The molecule has 7 nitrogen and oxygen atoms in total. The molecule has 19 heavy (non-hydrogen) atoms. The van der Waals surface area contributed by atoms with Crippen molar-refractivity contribution in [2.75, 3.05) is 5.75 Å². The SMILES string of the molecule is Cc1nc2cccc(C(=O)O)c2n1CCS(N)(=O)=O. The third kappa shape index (κ3) is 2.74. The van der Waals surface area contributed by atoms with Gasteiger partial charge in [-0.05, 0) is 19.1 Å². The molecule has 2 rings (SSSR count). The highest BCUT2D eigenvalue weighted by Gasteiger charge is 2.16. The number of carboxylic acids is 1. The molecule has 0 saturated carbocycles. The van der Waals surface area contributed by atoms with E-state index in [4.69, 9.17) is 10.2 Å². The predicted octanol–water partition coefficient (Wildman–Crippen LogP) is 0.331. The average molecular weight is 283 g/mol. The minimum Gasteiger partial charge on any atom is -0.478 e. The summed E-state index contributed by atoms with van der Waals surface area (Å²) in [5.41, 5.74) is 1.02. The van der Waals surface area contributed by atoms with E-state index in [1.807, 2.05) is 0 Å². The topological polar surface area (TPSA) is 115 Å². The average Bonchev–Trinajstić information content (AvgIpc) is 2.60. The Kier molecular flexibility index (Phi) is 3.29. The molecule has 0 amide bonds. The van der Waals surface area contributed by atoms with Gasteiger partial charge in [0.1, 0.15) is 5.82 Å². The number of rotatable bonds is 4. The number of aryl methyl sites for hydroxylation is 2. The molecule has 1 aromatic carbocycles. The van der Waals surface area contributed by atoms with Crippen LogP contribution in [0, 0.1) is 6.92 Å². The van der Waals surface area contributed by atoms with Crippen LogP contribution in [0.25, 0.3) is 11.0 Å². The summed E-state index contributed by atoms with van der Waals surface area (Å²) in [4.78, 5) is 15.4. The van der Waals surface area contributed by atoms with Crippen LogP contribution in [0.5, 0.6) is 0 Å². The Morgan fingerprint density at radius 1 is 1.47 bits per heavy atom. The van der Waals surface area contributed by atoms with Crippen LogP contribution in [0.4, 0.5) is 0 Å². The number of para-hydroxylation sites is 1. The quantitative estimate of drug-likeness (QED) is 0.839. The number of aromatic carboxylic acids is 1. The van der Waals surface area contributed by atoms with Gasteiger partial charge in [0.2, 0.25) is 10.0 Å². The molecule has 0 spiro atoms. The fourth-order valence-corrected chi connectivity index (χ4v) is 2.40. The highest BCUT2D eigenvalue weighted by molar-refractivity contribution is 7.89. The normalized spacial score (nSPS) is 11.9. The standard InChI is InChI=1S/C11H13N3O4S/c1-7-13-9-4-2-3-8(11(15)16)10(9)14(7)5-6-19(12,17)18/h2-4H,5-6H2,1H3,(H,15,16)(H2,12,17,18). The third-order valence-electron chi connectivity index (χ3n) is 2.79. The van der Waals surface area contributed by atoms with Crippen molar-refractivity contribution in [1.82, 2.24) is 9.55 Å². The second-order valence-electron chi connectivity index (χ2n) is 4.16. The number of carbonyl (C=O) groups is 1. The van der Waals surface area contributed by atoms with Crippen LogP contribution in [0.1, 0.15) is 16.2 Å². The lowest BCUT2D eigenvalue weighted by molar-refractivity contribution is 0.0698. The zero-order valence-corrected chi connectivity index (χ0v) is 11.0. The molecule has 8 heteroatoms. The van der Waals surface area contributed by atoms with Crippen molar-refractivity contribution in [3.05, 3.63) is 29.6 Å². The number of hydrogen-bond donors (Lipinski definition) is 2. The van der Waals surface area contributed by atoms with Gasteiger partial charge < -0.3 is 9.67 Å². The fraction of sp³-hybridized carbons (Fsp3) is 0.273. The molecule has 3 N–H and O–H groups in total. The molecule has 0 atom stereocenters. The molecule has 2 aromatic rings. The van der Waals surface area contributed by atoms with E-state index >= 15 is 0 Å². The minimum absolute atomic E-state index is 0.0749. The largest absolute Gasteiger partial charge is 0.478 e. The van der Waals surface area contributed by atoms with Crippen molar-refractivity contribution < 1.29 is 18.3 Å². The molecule has 0 bridgehead atoms. The molecule has 102 valence electrons. The summed E-state index contributed by atoms with van der Waals surface area (Å²) in [7, 11) is -3.61. The van der Waals surface area contributed by atoms with Gasteiger partial charge in [-0.2, -0.15) is 0 Å². The number of nitrogens with zero attached hydrogens (tertiary/aromatic N) is 2. The van der Waals surface area contributed by atoms with Gasteiger partial charge in [-0.15, -0.1) is 0 Å². The first kappa shape index (κ1) is 13.5. The van der Waals surface area contributed by atoms with Crippen LogP contribution >= 0.6 is 0 Å².